The molecular weight excluding hydrogens is 286 g/mol. The van der Waals surface area contributed by atoms with Gasteiger partial charge in [-0.2, -0.15) is 0 Å². The first-order valence-corrected chi connectivity index (χ1v) is 6.63. The van der Waals surface area contributed by atoms with Crippen LogP contribution in [0.5, 0.6) is 0 Å². The molecule has 0 spiro atoms. The first-order valence-electron chi connectivity index (χ1n) is 6.25. The smallest absolute Gasteiger partial charge is 0.152 e. The van der Waals surface area contributed by atoms with Gasteiger partial charge in [0.05, 0.1) is 16.4 Å². The number of carbonyl (C=O) groups excluding carboxylic acids is 1. The van der Waals surface area contributed by atoms with Crippen LogP contribution in [-0.4, -0.2) is 21.2 Å². The molecule has 3 aromatic heterocycles. The molecule has 0 fully saturated rings. The molecule has 0 bridgehead atoms. The summed E-state index contributed by atoms with van der Waals surface area (Å²) in [6.07, 6.45) is 7.36. The highest BCUT2D eigenvalue weighted by Crippen LogP contribution is 2.25. The van der Waals surface area contributed by atoms with Gasteiger partial charge in [-0.3, -0.25) is 19.7 Å². The van der Waals surface area contributed by atoms with Gasteiger partial charge in [-0.05, 0) is 24.3 Å². The number of pyridine rings is 3. The van der Waals surface area contributed by atoms with Gasteiger partial charge in [0.25, 0.3) is 0 Å². The second-order valence-electron chi connectivity index (χ2n) is 4.39. The number of aromatic nitrogens is 3. The Morgan fingerprint density at radius 1 is 1.00 bits per heavy atom. The quantitative estimate of drug-likeness (QED) is 0.692. The van der Waals surface area contributed by atoms with Gasteiger partial charge in [0.1, 0.15) is 0 Å². The third kappa shape index (κ3) is 2.80. The van der Waals surface area contributed by atoms with Crippen molar-refractivity contribution in [1.29, 1.82) is 0 Å². The molecule has 0 aliphatic carbocycles. The standard InChI is InChI=1S/C16H10ClN3O/c17-14-6-12(7-18-9-14)11-5-13(10-21)16(20-8-11)15-3-1-2-4-19-15/h1-10H. The highest BCUT2D eigenvalue weighted by atomic mass is 35.5. The Labute approximate surface area is 126 Å². The van der Waals surface area contributed by atoms with Gasteiger partial charge in [0.2, 0.25) is 0 Å². The van der Waals surface area contributed by atoms with Crippen LogP contribution >= 0.6 is 11.6 Å². The molecule has 102 valence electrons. The summed E-state index contributed by atoms with van der Waals surface area (Å²) in [7, 11) is 0. The van der Waals surface area contributed by atoms with Crippen LogP contribution in [0.1, 0.15) is 10.4 Å². The Bertz CT molecular complexity index is 791. The van der Waals surface area contributed by atoms with Gasteiger partial charge in [-0.15, -0.1) is 0 Å². The molecule has 0 amide bonds. The molecule has 0 saturated heterocycles. The average Bonchev–Trinajstić information content (AvgIpc) is 2.55. The van der Waals surface area contributed by atoms with Gasteiger partial charge >= 0.3 is 0 Å². The van der Waals surface area contributed by atoms with Crippen LogP contribution in [0.25, 0.3) is 22.5 Å². The van der Waals surface area contributed by atoms with E-state index in [1.54, 1.807) is 36.9 Å². The third-order valence-corrected chi connectivity index (χ3v) is 3.20. The molecule has 0 radical (unpaired) electrons. The Morgan fingerprint density at radius 3 is 2.57 bits per heavy atom. The summed E-state index contributed by atoms with van der Waals surface area (Å²) in [6, 6.07) is 9.03. The molecule has 0 atom stereocenters. The van der Waals surface area contributed by atoms with Crippen LogP contribution in [0.15, 0.2) is 55.1 Å². The fraction of sp³-hybridized carbons (Fsp3) is 0. The molecule has 0 saturated carbocycles. The lowest BCUT2D eigenvalue weighted by Crippen LogP contribution is -1.95. The second kappa shape index (κ2) is 5.81. The zero-order valence-electron chi connectivity index (χ0n) is 10.9. The maximum Gasteiger partial charge on any atom is 0.152 e. The number of rotatable bonds is 3. The van der Waals surface area contributed by atoms with E-state index in [-0.39, 0.29) is 0 Å². The van der Waals surface area contributed by atoms with Crippen molar-refractivity contribution >= 4 is 17.9 Å². The highest BCUT2D eigenvalue weighted by Gasteiger charge is 2.10. The Morgan fingerprint density at radius 2 is 1.86 bits per heavy atom. The third-order valence-electron chi connectivity index (χ3n) is 2.99. The summed E-state index contributed by atoms with van der Waals surface area (Å²) in [6.45, 7) is 0. The van der Waals surface area contributed by atoms with Crippen molar-refractivity contribution in [1.82, 2.24) is 15.0 Å². The van der Waals surface area contributed by atoms with Gasteiger partial charge < -0.3 is 0 Å². The predicted molar refractivity (Wildman–Crippen MR) is 81.1 cm³/mol. The molecule has 3 heterocycles. The Balaban J connectivity index is 2.10. The van der Waals surface area contributed by atoms with E-state index in [0.717, 1.165) is 17.4 Å². The van der Waals surface area contributed by atoms with Crippen molar-refractivity contribution in [3.05, 3.63) is 65.7 Å². The monoisotopic (exact) mass is 295 g/mol. The number of halogens is 1. The van der Waals surface area contributed by atoms with Crippen molar-refractivity contribution in [3.63, 3.8) is 0 Å². The van der Waals surface area contributed by atoms with Gasteiger partial charge in [-0.25, -0.2) is 0 Å². The van der Waals surface area contributed by atoms with E-state index < -0.39 is 0 Å². The summed E-state index contributed by atoms with van der Waals surface area (Å²) < 4.78 is 0. The minimum Gasteiger partial charge on any atom is -0.298 e. The lowest BCUT2D eigenvalue weighted by Gasteiger charge is -2.06. The molecule has 21 heavy (non-hydrogen) atoms. The maximum atomic E-state index is 11.3. The number of nitrogens with zero attached hydrogens (tertiary/aromatic N) is 3. The van der Waals surface area contributed by atoms with Crippen LogP contribution in [0, 0.1) is 0 Å². The van der Waals surface area contributed by atoms with E-state index >= 15 is 0 Å². The molecule has 4 nitrogen and oxygen atoms in total. The minimum atomic E-state index is 0.478. The lowest BCUT2D eigenvalue weighted by molar-refractivity contribution is 0.112. The van der Waals surface area contributed by atoms with Crippen molar-refractivity contribution in [2.24, 2.45) is 0 Å². The van der Waals surface area contributed by atoms with Crippen LogP contribution in [0.4, 0.5) is 0 Å². The molecule has 0 aliphatic heterocycles. The molecule has 0 N–H and O–H groups in total. The largest absolute Gasteiger partial charge is 0.298 e. The maximum absolute atomic E-state index is 11.3. The molecule has 0 aromatic carbocycles. The molecule has 5 heteroatoms. The number of hydrogen-bond acceptors (Lipinski definition) is 4. The SMILES string of the molecule is O=Cc1cc(-c2cncc(Cl)c2)cnc1-c1ccccn1. The van der Waals surface area contributed by atoms with E-state index in [1.807, 2.05) is 18.2 Å². The Hall–Kier alpha value is -2.59. The highest BCUT2D eigenvalue weighted by molar-refractivity contribution is 6.30. The second-order valence-corrected chi connectivity index (χ2v) is 4.82. The lowest BCUT2D eigenvalue weighted by atomic mass is 10.0. The molecule has 3 rings (SSSR count). The van der Waals surface area contributed by atoms with Gasteiger partial charge in [0, 0.05) is 41.5 Å². The first-order chi connectivity index (χ1) is 10.3. The summed E-state index contributed by atoms with van der Waals surface area (Å²) >= 11 is 5.93. The number of aldehydes is 1. The van der Waals surface area contributed by atoms with Crippen LogP contribution in [0.2, 0.25) is 5.02 Å². The fourth-order valence-corrected chi connectivity index (χ4v) is 2.19. The van der Waals surface area contributed by atoms with E-state index in [2.05, 4.69) is 15.0 Å². The Kier molecular flexibility index (Phi) is 3.71. The predicted octanol–water partition coefficient (Wildman–Crippen LogP) is 3.67. The van der Waals surface area contributed by atoms with Crippen LogP contribution in [0.3, 0.4) is 0 Å². The van der Waals surface area contributed by atoms with Crippen molar-refractivity contribution in [3.8, 4) is 22.5 Å². The minimum absolute atomic E-state index is 0.478. The van der Waals surface area contributed by atoms with Gasteiger partial charge in [0.15, 0.2) is 6.29 Å². The number of hydrogen-bond donors (Lipinski definition) is 0. The van der Waals surface area contributed by atoms with E-state index in [4.69, 9.17) is 11.6 Å². The summed E-state index contributed by atoms with van der Waals surface area (Å²) in [5.41, 5.74) is 3.29. The topological polar surface area (TPSA) is 55.7 Å². The summed E-state index contributed by atoms with van der Waals surface area (Å²) in [4.78, 5) is 24.0. The van der Waals surface area contributed by atoms with E-state index in [1.165, 1.54) is 0 Å². The zero-order chi connectivity index (χ0) is 14.7. The normalized spacial score (nSPS) is 10.3. The summed E-state index contributed by atoms with van der Waals surface area (Å²) in [5, 5.41) is 0.536. The fourth-order valence-electron chi connectivity index (χ4n) is 2.02. The number of carbonyl (C=O) groups is 1. The van der Waals surface area contributed by atoms with Crippen molar-refractivity contribution in [2.45, 2.75) is 0 Å². The van der Waals surface area contributed by atoms with E-state index in [0.29, 0.717) is 22.0 Å². The first kappa shape index (κ1) is 13.4. The van der Waals surface area contributed by atoms with Crippen LogP contribution in [-0.2, 0) is 0 Å². The molecule has 0 aliphatic rings. The van der Waals surface area contributed by atoms with Crippen LogP contribution < -0.4 is 0 Å². The molecular formula is C16H10ClN3O. The summed E-state index contributed by atoms with van der Waals surface area (Å²) in [5.74, 6) is 0. The molecule has 3 aromatic rings. The molecule has 0 unspecified atom stereocenters. The van der Waals surface area contributed by atoms with Crippen molar-refractivity contribution in [2.75, 3.05) is 0 Å². The van der Waals surface area contributed by atoms with Crippen molar-refractivity contribution < 1.29 is 4.79 Å². The average molecular weight is 296 g/mol. The van der Waals surface area contributed by atoms with E-state index in [9.17, 15) is 4.79 Å². The van der Waals surface area contributed by atoms with Gasteiger partial charge in [-0.1, -0.05) is 17.7 Å². The zero-order valence-corrected chi connectivity index (χ0v) is 11.7.